The number of nitrogens with one attached hydrogen (secondary N) is 3. The summed E-state index contributed by atoms with van der Waals surface area (Å²) in [6.45, 7) is 6.08. The van der Waals surface area contributed by atoms with Crippen LogP contribution in [-0.2, 0) is 6.54 Å². The maximum absolute atomic E-state index is 9.76. The Hall–Kier alpha value is -3.56. The van der Waals surface area contributed by atoms with E-state index in [4.69, 9.17) is 9.97 Å². The Kier molecular flexibility index (Phi) is 6.37. The summed E-state index contributed by atoms with van der Waals surface area (Å²) in [6, 6.07) is 14.4. The molecule has 4 N–H and O–H groups in total. The van der Waals surface area contributed by atoms with Crippen LogP contribution in [0.2, 0.25) is 0 Å². The fourth-order valence-electron chi connectivity index (χ4n) is 4.15. The minimum atomic E-state index is -0.295. The molecule has 9 heteroatoms. The molecule has 1 fully saturated rings. The highest BCUT2D eigenvalue weighted by molar-refractivity contribution is 5.59. The number of β-amino-alcohol motifs (C(OH)–C–C–N with tert-alkyl or cyclic N) is 1. The molecular weight excluding hydrogens is 428 g/mol. The summed E-state index contributed by atoms with van der Waals surface area (Å²) in [5.41, 5.74) is 4.93. The topological polar surface area (TPSA) is 112 Å². The van der Waals surface area contributed by atoms with Gasteiger partial charge in [-0.25, -0.2) is 0 Å². The fourth-order valence-corrected chi connectivity index (χ4v) is 4.15. The maximum atomic E-state index is 9.76. The molecule has 1 aliphatic heterocycles. The molecule has 1 aromatic carbocycles. The van der Waals surface area contributed by atoms with Crippen LogP contribution in [0.4, 0.5) is 11.9 Å². The van der Waals surface area contributed by atoms with E-state index in [0.29, 0.717) is 31.5 Å². The molecule has 0 aliphatic carbocycles. The standard InChI is InChI=1S/C25H30N8O/c1-16(2)21-15-30-33-23(21)31-24(28-13-19-10-20(34)14-26-19)32-25(33)29-12-17-8-9-22(27-11-17)18-6-4-3-5-7-18/h3-9,11,15-16,19-20,26,34H,10,12-14H2,1-2H3,(H2,28,29,31,32)/t19-,20+/m0/s1. The lowest BCUT2D eigenvalue weighted by Gasteiger charge is -2.14. The molecule has 4 aromatic rings. The maximum Gasteiger partial charge on any atom is 0.229 e. The number of anilines is 2. The highest BCUT2D eigenvalue weighted by Crippen LogP contribution is 2.23. The predicted octanol–water partition coefficient (Wildman–Crippen LogP) is 3.06. The molecule has 0 spiro atoms. The van der Waals surface area contributed by atoms with E-state index in [-0.39, 0.29) is 18.1 Å². The number of hydrogen-bond acceptors (Lipinski definition) is 8. The SMILES string of the molecule is CC(C)c1cnn2c(NCc3ccc(-c4ccccc4)nc3)nc(NC[C@@H]3C[C@@H](O)CN3)nc12. The largest absolute Gasteiger partial charge is 0.392 e. The van der Waals surface area contributed by atoms with Gasteiger partial charge in [-0.3, -0.25) is 4.98 Å². The zero-order valence-electron chi connectivity index (χ0n) is 19.4. The Balaban J connectivity index is 1.35. The van der Waals surface area contributed by atoms with Crippen molar-refractivity contribution < 1.29 is 5.11 Å². The Morgan fingerprint density at radius 2 is 1.94 bits per heavy atom. The van der Waals surface area contributed by atoms with E-state index in [9.17, 15) is 5.11 Å². The van der Waals surface area contributed by atoms with Gasteiger partial charge in [0.25, 0.3) is 0 Å². The van der Waals surface area contributed by atoms with Gasteiger partial charge in [-0.05, 0) is 24.0 Å². The fraction of sp³-hybridized carbons (Fsp3) is 0.360. The molecule has 1 saturated heterocycles. The van der Waals surface area contributed by atoms with Crippen LogP contribution in [-0.4, -0.2) is 54.9 Å². The summed E-state index contributed by atoms with van der Waals surface area (Å²) in [5.74, 6) is 1.44. The van der Waals surface area contributed by atoms with Crippen molar-refractivity contribution in [2.75, 3.05) is 23.7 Å². The second kappa shape index (κ2) is 9.74. The molecule has 5 rings (SSSR count). The molecule has 1 aliphatic rings. The van der Waals surface area contributed by atoms with E-state index >= 15 is 0 Å². The van der Waals surface area contributed by atoms with E-state index in [1.807, 2.05) is 36.7 Å². The van der Waals surface area contributed by atoms with Gasteiger partial charge in [0.1, 0.15) is 0 Å². The minimum absolute atomic E-state index is 0.190. The van der Waals surface area contributed by atoms with Crippen molar-refractivity contribution in [1.29, 1.82) is 0 Å². The van der Waals surface area contributed by atoms with Gasteiger partial charge in [0.15, 0.2) is 5.65 Å². The second-order valence-corrected chi connectivity index (χ2v) is 9.01. The lowest BCUT2D eigenvalue weighted by molar-refractivity contribution is 0.193. The zero-order valence-corrected chi connectivity index (χ0v) is 19.4. The first-order valence-electron chi connectivity index (χ1n) is 11.7. The normalized spacial score (nSPS) is 18.0. The quantitative estimate of drug-likeness (QED) is 0.319. The molecule has 3 aromatic heterocycles. The number of rotatable bonds is 8. The van der Waals surface area contributed by atoms with Gasteiger partial charge < -0.3 is 21.1 Å². The van der Waals surface area contributed by atoms with Gasteiger partial charge in [0, 0.05) is 43.0 Å². The third-order valence-electron chi connectivity index (χ3n) is 6.07. The van der Waals surface area contributed by atoms with Gasteiger partial charge in [-0.2, -0.15) is 19.6 Å². The van der Waals surface area contributed by atoms with Crippen LogP contribution in [0, 0.1) is 0 Å². The molecule has 4 heterocycles. The lowest BCUT2D eigenvalue weighted by atomic mass is 10.1. The number of aliphatic hydroxyl groups is 1. The average molecular weight is 459 g/mol. The highest BCUT2D eigenvalue weighted by Gasteiger charge is 2.22. The van der Waals surface area contributed by atoms with Gasteiger partial charge in [0.2, 0.25) is 11.9 Å². The van der Waals surface area contributed by atoms with Gasteiger partial charge in [-0.1, -0.05) is 50.2 Å². The van der Waals surface area contributed by atoms with Gasteiger partial charge in [0.05, 0.1) is 18.0 Å². The van der Waals surface area contributed by atoms with Crippen LogP contribution in [0.5, 0.6) is 0 Å². The van der Waals surface area contributed by atoms with E-state index in [0.717, 1.165) is 34.5 Å². The van der Waals surface area contributed by atoms with E-state index in [1.165, 1.54) is 0 Å². The molecule has 0 bridgehead atoms. The van der Waals surface area contributed by atoms with Crippen molar-refractivity contribution in [1.82, 2.24) is 29.9 Å². The van der Waals surface area contributed by atoms with E-state index in [2.05, 4.69) is 58.1 Å². The number of pyridine rings is 1. The number of aliphatic hydroxyl groups excluding tert-OH is 1. The summed E-state index contributed by atoms with van der Waals surface area (Å²) >= 11 is 0. The molecule has 0 amide bonds. The summed E-state index contributed by atoms with van der Waals surface area (Å²) in [7, 11) is 0. The van der Waals surface area contributed by atoms with Crippen LogP contribution in [0.3, 0.4) is 0 Å². The lowest BCUT2D eigenvalue weighted by Crippen LogP contribution is -2.30. The molecular formula is C25H30N8O. The van der Waals surface area contributed by atoms with E-state index < -0.39 is 0 Å². The molecule has 0 unspecified atom stereocenters. The van der Waals surface area contributed by atoms with Crippen molar-refractivity contribution >= 4 is 17.5 Å². The smallest absolute Gasteiger partial charge is 0.229 e. The van der Waals surface area contributed by atoms with Crippen LogP contribution in [0.25, 0.3) is 16.9 Å². The number of benzene rings is 1. The Labute approximate surface area is 198 Å². The van der Waals surface area contributed by atoms with Crippen LogP contribution in [0.1, 0.15) is 37.3 Å². The Morgan fingerprint density at radius 3 is 2.65 bits per heavy atom. The van der Waals surface area contributed by atoms with E-state index in [1.54, 1.807) is 4.52 Å². The molecule has 0 saturated carbocycles. The second-order valence-electron chi connectivity index (χ2n) is 9.01. The monoisotopic (exact) mass is 458 g/mol. The van der Waals surface area contributed by atoms with Crippen molar-refractivity contribution in [3.8, 4) is 11.3 Å². The van der Waals surface area contributed by atoms with Crippen LogP contribution < -0.4 is 16.0 Å². The molecule has 2 atom stereocenters. The number of fused-ring (bicyclic) bond motifs is 1. The Morgan fingerprint density at radius 1 is 1.09 bits per heavy atom. The molecule has 176 valence electrons. The molecule has 9 nitrogen and oxygen atoms in total. The highest BCUT2D eigenvalue weighted by atomic mass is 16.3. The van der Waals surface area contributed by atoms with Crippen molar-refractivity contribution in [2.24, 2.45) is 0 Å². The summed E-state index contributed by atoms with van der Waals surface area (Å²) < 4.78 is 1.75. The first kappa shape index (κ1) is 22.2. The predicted molar refractivity (Wildman–Crippen MR) is 133 cm³/mol. The number of nitrogens with zero attached hydrogens (tertiary/aromatic N) is 5. The summed E-state index contributed by atoms with van der Waals surface area (Å²) in [4.78, 5) is 14.0. The third-order valence-corrected chi connectivity index (χ3v) is 6.07. The number of aromatic nitrogens is 5. The minimum Gasteiger partial charge on any atom is -0.392 e. The zero-order chi connectivity index (χ0) is 23.5. The molecule has 0 radical (unpaired) electrons. The summed E-state index contributed by atoms with van der Waals surface area (Å²) in [5, 5.41) is 24.3. The first-order chi connectivity index (χ1) is 16.6. The van der Waals surface area contributed by atoms with Gasteiger partial charge >= 0.3 is 0 Å². The van der Waals surface area contributed by atoms with Crippen molar-refractivity contribution in [2.45, 2.75) is 44.9 Å². The summed E-state index contributed by atoms with van der Waals surface area (Å²) in [6.07, 6.45) is 4.16. The number of hydrogen-bond donors (Lipinski definition) is 4. The average Bonchev–Trinajstić information content (AvgIpc) is 3.48. The van der Waals surface area contributed by atoms with Gasteiger partial charge in [-0.15, -0.1) is 0 Å². The third kappa shape index (κ3) is 4.85. The Bertz CT molecular complexity index is 1240. The van der Waals surface area contributed by atoms with Crippen LogP contribution >= 0.6 is 0 Å². The van der Waals surface area contributed by atoms with Crippen molar-refractivity contribution in [3.05, 3.63) is 66.0 Å². The molecule has 34 heavy (non-hydrogen) atoms. The van der Waals surface area contributed by atoms with Crippen LogP contribution in [0.15, 0.2) is 54.9 Å². The van der Waals surface area contributed by atoms with Crippen molar-refractivity contribution in [3.63, 3.8) is 0 Å². The first-order valence-corrected chi connectivity index (χ1v) is 11.7.